The lowest BCUT2D eigenvalue weighted by Crippen LogP contribution is -2.16. The molecule has 0 aliphatic heterocycles. The number of rotatable bonds is 6. The molecule has 0 aromatic heterocycles. The van der Waals surface area contributed by atoms with Crippen LogP contribution in [0.3, 0.4) is 0 Å². The number of carbonyl (C=O) groups is 2. The van der Waals surface area contributed by atoms with Crippen molar-refractivity contribution in [2.45, 2.75) is 6.92 Å². The van der Waals surface area contributed by atoms with Gasteiger partial charge in [0, 0.05) is 6.92 Å². The van der Waals surface area contributed by atoms with Crippen LogP contribution in [0.1, 0.15) is 17.3 Å². The predicted octanol–water partition coefficient (Wildman–Crippen LogP) is 2.29. The Hall–Kier alpha value is -1.86. The minimum atomic E-state index is -0.761. The highest BCUT2D eigenvalue weighted by Gasteiger charge is 2.29. The van der Waals surface area contributed by atoms with Crippen molar-refractivity contribution in [1.29, 1.82) is 0 Å². The third-order valence-electron chi connectivity index (χ3n) is 2.61. The molecule has 1 aromatic carbocycles. The maximum Gasteiger partial charge on any atom is 0.345 e. The third kappa shape index (κ3) is 3.66. The molecule has 22 heavy (non-hydrogen) atoms. The Morgan fingerprint density at radius 3 is 2.27 bits per heavy atom. The zero-order chi connectivity index (χ0) is 16.9. The molecule has 1 aromatic rings. The van der Waals surface area contributed by atoms with Crippen LogP contribution in [0.2, 0.25) is 5.02 Å². The molecule has 0 fully saturated rings. The number of anilines is 2. The van der Waals surface area contributed by atoms with Crippen LogP contribution in [0.25, 0.3) is 0 Å². The number of hydrogen-bond acceptors (Lipinski definition) is 6. The topological polar surface area (TPSA) is 99.9 Å². The molecule has 0 unspecified atom stereocenters. The lowest BCUT2D eigenvalue weighted by molar-refractivity contribution is -0.114. The summed E-state index contributed by atoms with van der Waals surface area (Å²) in [6.07, 6.45) is 0. The fourth-order valence-electron chi connectivity index (χ4n) is 1.78. The van der Waals surface area contributed by atoms with Gasteiger partial charge in [-0.2, -0.15) is 0 Å². The molecule has 0 spiro atoms. The predicted molar refractivity (Wildman–Crippen MR) is 84.3 cm³/mol. The van der Waals surface area contributed by atoms with Gasteiger partial charge in [0.2, 0.25) is 5.91 Å². The van der Waals surface area contributed by atoms with Gasteiger partial charge in [-0.05, 0) is 0 Å². The normalized spacial score (nSPS) is 10.0. The second-order valence-corrected chi connectivity index (χ2v) is 4.81. The summed E-state index contributed by atoms with van der Waals surface area (Å²) in [6.45, 7) is 1.27. The van der Waals surface area contributed by atoms with Gasteiger partial charge in [-0.3, -0.25) is 4.79 Å². The van der Waals surface area contributed by atoms with Gasteiger partial charge in [0.1, 0.15) is 22.9 Å². The molecule has 3 N–H and O–H groups in total. The molecular weight excluding hydrogens is 335 g/mol. The van der Waals surface area contributed by atoms with Crippen molar-refractivity contribution in [3.63, 3.8) is 0 Å². The first-order valence-electron chi connectivity index (χ1n) is 6.12. The highest BCUT2D eigenvalue weighted by Crippen LogP contribution is 2.47. The highest BCUT2D eigenvalue weighted by molar-refractivity contribution is 6.36. The van der Waals surface area contributed by atoms with E-state index in [-0.39, 0.29) is 45.9 Å². The van der Waals surface area contributed by atoms with Crippen molar-refractivity contribution < 1.29 is 23.8 Å². The number of nitrogen functional groups attached to an aromatic ring is 1. The second-order valence-electron chi connectivity index (χ2n) is 4.05. The molecule has 9 heteroatoms. The van der Waals surface area contributed by atoms with Crippen molar-refractivity contribution in [2.24, 2.45) is 0 Å². The summed E-state index contributed by atoms with van der Waals surface area (Å²) in [4.78, 5) is 23.5. The van der Waals surface area contributed by atoms with Crippen LogP contribution in [-0.4, -0.2) is 38.6 Å². The van der Waals surface area contributed by atoms with Gasteiger partial charge in [-0.1, -0.05) is 11.6 Å². The van der Waals surface area contributed by atoms with E-state index in [0.29, 0.717) is 0 Å². The first kappa shape index (κ1) is 18.2. The van der Waals surface area contributed by atoms with Crippen LogP contribution in [0.4, 0.5) is 11.4 Å². The molecule has 0 aliphatic carbocycles. The molecule has 0 bridgehead atoms. The van der Waals surface area contributed by atoms with E-state index in [4.69, 9.17) is 43.1 Å². The fourth-order valence-corrected chi connectivity index (χ4v) is 2.12. The number of nitrogens with one attached hydrogen (secondary N) is 1. The summed E-state index contributed by atoms with van der Waals surface area (Å²) in [5, 5.41) is 2.44. The smallest absolute Gasteiger partial charge is 0.345 e. The number of halogens is 2. The lowest BCUT2D eigenvalue weighted by Gasteiger charge is -2.19. The zero-order valence-electron chi connectivity index (χ0n) is 12.3. The van der Waals surface area contributed by atoms with Crippen LogP contribution < -0.4 is 20.5 Å². The summed E-state index contributed by atoms with van der Waals surface area (Å²) >= 11 is 11.6. The minimum Gasteiger partial charge on any atom is -0.494 e. The Morgan fingerprint density at radius 2 is 1.82 bits per heavy atom. The van der Waals surface area contributed by atoms with Crippen molar-refractivity contribution >= 4 is 46.5 Å². The largest absolute Gasteiger partial charge is 0.494 e. The summed E-state index contributed by atoms with van der Waals surface area (Å²) in [5.74, 6) is -1.06. The monoisotopic (exact) mass is 350 g/mol. The Kier molecular flexibility index (Phi) is 6.58. The van der Waals surface area contributed by atoms with E-state index in [1.165, 1.54) is 21.1 Å². The first-order chi connectivity index (χ1) is 10.4. The summed E-state index contributed by atoms with van der Waals surface area (Å²) in [7, 11) is 2.63. The molecule has 1 rings (SSSR count). The average molecular weight is 351 g/mol. The van der Waals surface area contributed by atoms with Gasteiger partial charge in [-0.15, -0.1) is 11.6 Å². The van der Waals surface area contributed by atoms with E-state index in [9.17, 15) is 9.59 Å². The van der Waals surface area contributed by atoms with Crippen LogP contribution in [0.15, 0.2) is 0 Å². The van der Waals surface area contributed by atoms with Gasteiger partial charge in [-0.25, -0.2) is 4.79 Å². The van der Waals surface area contributed by atoms with Crippen LogP contribution in [0.5, 0.6) is 11.5 Å². The molecule has 0 atom stereocenters. The number of ether oxygens (including phenoxy) is 3. The van der Waals surface area contributed by atoms with Gasteiger partial charge >= 0.3 is 5.97 Å². The van der Waals surface area contributed by atoms with E-state index in [2.05, 4.69) is 5.32 Å². The molecule has 1 amide bonds. The van der Waals surface area contributed by atoms with Crippen LogP contribution in [-0.2, 0) is 9.53 Å². The quantitative estimate of drug-likeness (QED) is 0.463. The molecule has 0 saturated carbocycles. The maximum absolute atomic E-state index is 12.2. The third-order valence-corrected chi connectivity index (χ3v) is 3.14. The van der Waals surface area contributed by atoms with E-state index in [0.717, 1.165) is 0 Å². The number of carbonyl (C=O) groups excluding carboxylic acids is 2. The van der Waals surface area contributed by atoms with Crippen molar-refractivity contribution in [3.05, 3.63) is 10.6 Å². The molecule has 7 nitrogen and oxygen atoms in total. The number of amides is 1. The molecule has 0 radical (unpaired) electrons. The number of hydrogen-bond donors (Lipinski definition) is 2. The molecular formula is C13H16Cl2N2O5. The van der Waals surface area contributed by atoms with Crippen molar-refractivity contribution in [1.82, 2.24) is 0 Å². The standard InChI is InChI=1S/C13H16Cl2N2O5/c1-6(18)17-10-9(16)8(15)11(20-2)7(12(10)21-3)13(19)22-5-4-14/h4-5,16H2,1-3H3,(H,17,18). The number of methoxy groups -OCH3 is 2. The zero-order valence-corrected chi connectivity index (χ0v) is 13.8. The van der Waals surface area contributed by atoms with Crippen molar-refractivity contribution in [3.8, 4) is 11.5 Å². The number of esters is 1. The summed E-state index contributed by atoms with van der Waals surface area (Å²) < 4.78 is 15.3. The molecule has 0 heterocycles. The van der Waals surface area contributed by atoms with Crippen LogP contribution in [0, 0.1) is 0 Å². The lowest BCUT2D eigenvalue weighted by atomic mass is 10.1. The molecule has 0 aliphatic rings. The van der Waals surface area contributed by atoms with E-state index < -0.39 is 11.9 Å². The minimum absolute atomic E-state index is 0.00600. The summed E-state index contributed by atoms with van der Waals surface area (Å²) in [6, 6.07) is 0. The van der Waals surface area contributed by atoms with E-state index >= 15 is 0 Å². The Morgan fingerprint density at radius 1 is 1.23 bits per heavy atom. The Bertz CT molecular complexity index is 593. The number of nitrogens with two attached hydrogens (primary N) is 1. The highest BCUT2D eigenvalue weighted by atomic mass is 35.5. The summed E-state index contributed by atoms with van der Waals surface area (Å²) in [5.41, 5.74) is 5.87. The van der Waals surface area contributed by atoms with Gasteiger partial charge in [0.05, 0.1) is 25.8 Å². The van der Waals surface area contributed by atoms with Crippen molar-refractivity contribution in [2.75, 3.05) is 37.8 Å². The van der Waals surface area contributed by atoms with Gasteiger partial charge in [0.15, 0.2) is 11.5 Å². The maximum atomic E-state index is 12.2. The average Bonchev–Trinajstić information content (AvgIpc) is 2.48. The fraction of sp³-hybridized carbons (Fsp3) is 0.385. The van der Waals surface area contributed by atoms with Gasteiger partial charge in [0.25, 0.3) is 0 Å². The van der Waals surface area contributed by atoms with E-state index in [1.54, 1.807) is 0 Å². The van der Waals surface area contributed by atoms with E-state index in [1.807, 2.05) is 0 Å². The Balaban J connectivity index is 3.59. The second kappa shape index (κ2) is 7.95. The number of benzene rings is 1. The van der Waals surface area contributed by atoms with Crippen LogP contribution >= 0.6 is 23.2 Å². The van der Waals surface area contributed by atoms with Gasteiger partial charge < -0.3 is 25.3 Å². The Labute approximate surface area is 137 Å². The molecule has 122 valence electrons. The molecule has 0 saturated heterocycles. The first-order valence-corrected chi connectivity index (χ1v) is 7.03. The number of alkyl halides is 1. The SMILES string of the molecule is COc1c(Cl)c(N)c(NC(C)=O)c(OC)c1C(=O)OCCCl.